The number of carbonyl (C=O) groups excluding carboxylic acids is 1. The number of carboxylic acids is 1. The summed E-state index contributed by atoms with van der Waals surface area (Å²) in [6, 6.07) is 4.25. The molecule has 4 N–H and O–H groups in total. The second-order valence-electron chi connectivity index (χ2n) is 5.51. The number of nitrogen functional groups attached to an aromatic ring is 1. The smallest absolute Gasteiger partial charge is 0.408 e. The van der Waals surface area contributed by atoms with Crippen LogP contribution in [0, 0.1) is 0 Å². The molecule has 0 aliphatic carbocycles. The Morgan fingerprint density at radius 1 is 1.45 bits per heavy atom. The zero-order valence-corrected chi connectivity index (χ0v) is 15.0. The number of carboxylic acid groups (broad SMARTS) is 1. The summed E-state index contributed by atoms with van der Waals surface area (Å²) in [5.41, 5.74) is 5.71. The van der Waals surface area contributed by atoms with Crippen LogP contribution in [0.3, 0.4) is 0 Å². The Bertz CT molecular complexity index is 540. The zero-order valence-electron chi connectivity index (χ0n) is 12.6. The van der Waals surface area contributed by atoms with Crippen LogP contribution in [0.4, 0.5) is 10.5 Å². The van der Waals surface area contributed by atoms with Crippen molar-refractivity contribution in [2.45, 2.75) is 37.3 Å². The number of amides is 1. The van der Waals surface area contributed by atoms with E-state index in [0.29, 0.717) is 5.69 Å². The molecular weight excluding hydrogens is 372 g/mol. The lowest BCUT2D eigenvalue weighted by molar-refractivity contribution is -0.138. The number of rotatable bonds is 5. The third-order valence-corrected chi connectivity index (χ3v) is 4.55. The highest BCUT2D eigenvalue weighted by molar-refractivity contribution is 9.10. The Morgan fingerprint density at radius 2 is 2.09 bits per heavy atom. The van der Waals surface area contributed by atoms with Gasteiger partial charge in [0.25, 0.3) is 0 Å². The predicted octanol–water partition coefficient (Wildman–Crippen LogP) is 3.10. The fourth-order valence-corrected chi connectivity index (χ4v) is 3.19. The van der Waals surface area contributed by atoms with Gasteiger partial charge >= 0.3 is 12.1 Å². The van der Waals surface area contributed by atoms with Gasteiger partial charge in [0.05, 0.1) is 0 Å². The Hall–Kier alpha value is -1.41. The standard InChI is InChI=1S/C14H19BrN2O4S/c1-14(2,3)21-13(20)17-10(12(18)19)7-22-11-8(15)5-4-6-9(11)16/h4-6,10H,7,16H2,1-3H3,(H,17,20)(H,18,19). The van der Waals surface area contributed by atoms with E-state index in [1.54, 1.807) is 32.9 Å². The van der Waals surface area contributed by atoms with E-state index >= 15 is 0 Å². The number of hydrogen-bond acceptors (Lipinski definition) is 5. The molecule has 0 spiro atoms. The SMILES string of the molecule is CC(C)(C)OC(=O)NC(CSc1c(N)cccc1Br)C(=O)O. The average Bonchev–Trinajstić information content (AvgIpc) is 2.34. The Morgan fingerprint density at radius 3 is 2.59 bits per heavy atom. The fourth-order valence-electron chi connectivity index (χ4n) is 1.47. The van der Waals surface area contributed by atoms with Crippen LogP contribution < -0.4 is 11.1 Å². The summed E-state index contributed by atoms with van der Waals surface area (Å²) in [4.78, 5) is 23.7. The Kier molecular flexibility index (Phi) is 6.55. The molecule has 0 heterocycles. The molecule has 0 aliphatic heterocycles. The molecule has 1 amide bonds. The highest BCUT2D eigenvalue weighted by Crippen LogP contribution is 2.33. The summed E-state index contributed by atoms with van der Waals surface area (Å²) in [6.07, 6.45) is -0.763. The van der Waals surface area contributed by atoms with Crippen molar-refractivity contribution in [3.63, 3.8) is 0 Å². The van der Waals surface area contributed by atoms with Gasteiger partial charge in [0, 0.05) is 20.8 Å². The lowest BCUT2D eigenvalue weighted by Crippen LogP contribution is -2.44. The number of halogens is 1. The fraction of sp³-hybridized carbons (Fsp3) is 0.429. The van der Waals surface area contributed by atoms with Gasteiger partial charge in [-0.1, -0.05) is 6.07 Å². The highest BCUT2D eigenvalue weighted by Gasteiger charge is 2.24. The molecule has 1 unspecified atom stereocenters. The minimum Gasteiger partial charge on any atom is -0.480 e. The second-order valence-corrected chi connectivity index (χ2v) is 7.39. The molecule has 1 aromatic carbocycles. The van der Waals surface area contributed by atoms with Crippen LogP contribution in [-0.4, -0.2) is 34.6 Å². The lowest BCUT2D eigenvalue weighted by Gasteiger charge is -2.22. The molecule has 122 valence electrons. The van der Waals surface area contributed by atoms with Crippen LogP contribution in [0.5, 0.6) is 0 Å². The first-order chi connectivity index (χ1) is 10.1. The Labute approximate surface area is 141 Å². The minimum absolute atomic E-state index is 0.126. The number of carbonyl (C=O) groups is 2. The number of nitrogens with two attached hydrogens (primary N) is 1. The molecule has 8 heteroatoms. The molecule has 1 aromatic rings. The topological polar surface area (TPSA) is 102 Å². The van der Waals surface area contributed by atoms with Crippen LogP contribution >= 0.6 is 27.7 Å². The average molecular weight is 391 g/mol. The number of nitrogens with one attached hydrogen (secondary N) is 1. The summed E-state index contributed by atoms with van der Waals surface area (Å²) in [6.45, 7) is 5.12. The molecule has 0 radical (unpaired) electrons. The van der Waals surface area contributed by atoms with Crippen molar-refractivity contribution in [2.24, 2.45) is 0 Å². The van der Waals surface area contributed by atoms with E-state index in [-0.39, 0.29) is 5.75 Å². The minimum atomic E-state index is -1.14. The Balaban J connectivity index is 2.70. The van der Waals surface area contributed by atoms with E-state index in [1.165, 1.54) is 11.8 Å². The number of thioether (sulfide) groups is 1. The van der Waals surface area contributed by atoms with Gasteiger partial charge in [-0.15, -0.1) is 11.8 Å². The molecule has 6 nitrogen and oxygen atoms in total. The van der Waals surface area contributed by atoms with Gasteiger partial charge in [0.15, 0.2) is 0 Å². The van der Waals surface area contributed by atoms with E-state index in [0.717, 1.165) is 9.37 Å². The molecule has 22 heavy (non-hydrogen) atoms. The van der Waals surface area contributed by atoms with Crippen molar-refractivity contribution in [3.05, 3.63) is 22.7 Å². The van der Waals surface area contributed by atoms with Gasteiger partial charge in [-0.2, -0.15) is 0 Å². The van der Waals surface area contributed by atoms with Gasteiger partial charge in [-0.3, -0.25) is 0 Å². The van der Waals surface area contributed by atoms with Gasteiger partial charge in [-0.05, 0) is 48.8 Å². The zero-order chi connectivity index (χ0) is 16.9. The maximum Gasteiger partial charge on any atom is 0.408 e. The summed E-state index contributed by atoms with van der Waals surface area (Å²) in [5.74, 6) is -1.01. The summed E-state index contributed by atoms with van der Waals surface area (Å²) in [7, 11) is 0. The number of ether oxygens (including phenoxy) is 1. The molecule has 0 fully saturated rings. The number of aliphatic carboxylic acids is 1. The molecule has 0 saturated carbocycles. The van der Waals surface area contributed by atoms with E-state index in [9.17, 15) is 14.7 Å². The van der Waals surface area contributed by atoms with E-state index < -0.39 is 23.7 Å². The van der Waals surface area contributed by atoms with Crippen molar-refractivity contribution < 1.29 is 19.4 Å². The van der Waals surface area contributed by atoms with Gasteiger partial charge in [0.1, 0.15) is 11.6 Å². The van der Waals surface area contributed by atoms with Gasteiger partial charge in [0.2, 0.25) is 0 Å². The quantitative estimate of drug-likeness (QED) is 0.527. The molecular formula is C14H19BrN2O4S. The highest BCUT2D eigenvalue weighted by atomic mass is 79.9. The van der Waals surface area contributed by atoms with E-state index in [1.807, 2.05) is 6.07 Å². The second kappa shape index (κ2) is 7.73. The summed E-state index contributed by atoms with van der Waals surface area (Å²) in [5, 5.41) is 11.6. The third-order valence-electron chi connectivity index (χ3n) is 2.38. The number of benzene rings is 1. The first kappa shape index (κ1) is 18.6. The van der Waals surface area contributed by atoms with Crippen molar-refractivity contribution in [2.75, 3.05) is 11.5 Å². The van der Waals surface area contributed by atoms with Crippen LogP contribution in [0.2, 0.25) is 0 Å². The van der Waals surface area contributed by atoms with Crippen molar-refractivity contribution in [1.29, 1.82) is 0 Å². The maximum atomic E-state index is 11.7. The molecule has 1 rings (SSSR count). The summed E-state index contributed by atoms with van der Waals surface area (Å²) >= 11 is 4.61. The van der Waals surface area contributed by atoms with Crippen LogP contribution in [0.1, 0.15) is 20.8 Å². The predicted molar refractivity (Wildman–Crippen MR) is 90.1 cm³/mol. The van der Waals surface area contributed by atoms with Crippen molar-refractivity contribution >= 4 is 45.4 Å². The first-order valence-electron chi connectivity index (χ1n) is 6.49. The summed E-state index contributed by atoms with van der Waals surface area (Å²) < 4.78 is 5.84. The first-order valence-corrected chi connectivity index (χ1v) is 8.27. The molecule has 0 bridgehead atoms. The molecule has 0 aliphatic rings. The van der Waals surface area contributed by atoms with Crippen LogP contribution in [0.15, 0.2) is 27.6 Å². The largest absolute Gasteiger partial charge is 0.480 e. The van der Waals surface area contributed by atoms with Crippen LogP contribution in [0.25, 0.3) is 0 Å². The molecule has 0 saturated heterocycles. The van der Waals surface area contributed by atoms with Crippen molar-refractivity contribution in [1.82, 2.24) is 5.32 Å². The lowest BCUT2D eigenvalue weighted by atomic mass is 10.2. The third kappa shape index (κ3) is 6.15. The van der Waals surface area contributed by atoms with Crippen molar-refractivity contribution in [3.8, 4) is 0 Å². The number of anilines is 1. The normalized spacial score (nSPS) is 12.5. The maximum absolute atomic E-state index is 11.7. The van der Waals surface area contributed by atoms with Crippen LogP contribution in [-0.2, 0) is 9.53 Å². The number of hydrogen-bond donors (Lipinski definition) is 3. The molecule has 1 atom stereocenters. The monoisotopic (exact) mass is 390 g/mol. The van der Waals surface area contributed by atoms with Gasteiger partial charge in [-0.25, -0.2) is 9.59 Å². The van der Waals surface area contributed by atoms with Gasteiger partial charge < -0.3 is 20.9 Å². The van der Waals surface area contributed by atoms with E-state index in [2.05, 4.69) is 21.2 Å². The van der Waals surface area contributed by atoms with E-state index in [4.69, 9.17) is 10.5 Å². The number of alkyl carbamates (subject to hydrolysis) is 1. The molecule has 0 aromatic heterocycles.